The molecule has 0 radical (unpaired) electrons. The Morgan fingerprint density at radius 3 is 2.43 bits per heavy atom. The molecule has 0 aliphatic rings. The van der Waals surface area contributed by atoms with E-state index in [4.69, 9.17) is 0 Å². The molecule has 0 atom stereocenters. The van der Waals surface area contributed by atoms with Gasteiger partial charge in [-0.1, -0.05) is 49.3 Å². The van der Waals surface area contributed by atoms with Crippen LogP contribution in [0.15, 0.2) is 0 Å². The van der Waals surface area contributed by atoms with Gasteiger partial charge in [0, 0.05) is 13.0 Å². The average Bonchev–Trinajstić information content (AvgIpc) is 2.10. The Balaban J connectivity index is 3.15. The summed E-state index contributed by atoms with van der Waals surface area (Å²) in [5.74, 6) is 0.669. The van der Waals surface area contributed by atoms with Gasteiger partial charge in [-0.15, -0.1) is 0 Å². The normalized spacial score (nSPS) is 10.6. The highest BCUT2D eigenvalue weighted by atomic mass is 127. The van der Waals surface area contributed by atoms with Gasteiger partial charge in [0.1, 0.15) is 0 Å². The van der Waals surface area contributed by atoms with E-state index in [1.54, 1.807) is 0 Å². The van der Waals surface area contributed by atoms with Crippen LogP contribution in [0.2, 0.25) is 0 Å². The molecule has 0 aliphatic heterocycles. The van der Waals surface area contributed by atoms with Gasteiger partial charge in [0.25, 0.3) is 0 Å². The van der Waals surface area contributed by atoms with E-state index in [1.807, 2.05) is 0 Å². The van der Waals surface area contributed by atoms with Crippen LogP contribution in [0.5, 0.6) is 0 Å². The van der Waals surface area contributed by atoms with Gasteiger partial charge < -0.3 is 5.32 Å². The standard InChI is InChI=1S/C11H22INO/c1-10(2)9-11(14)13-8-6-4-3-5-7-12/h10H,3-9H2,1-2H3,(H,13,14). The summed E-state index contributed by atoms with van der Waals surface area (Å²) in [5.41, 5.74) is 0. The molecular weight excluding hydrogens is 289 g/mol. The molecule has 3 heteroatoms. The summed E-state index contributed by atoms with van der Waals surface area (Å²) in [6.45, 7) is 4.99. The smallest absolute Gasteiger partial charge is 0.220 e. The van der Waals surface area contributed by atoms with Crippen molar-refractivity contribution in [2.24, 2.45) is 5.92 Å². The van der Waals surface area contributed by atoms with Gasteiger partial charge in [-0.25, -0.2) is 0 Å². The van der Waals surface area contributed by atoms with E-state index in [2.05, 4.69) is 41.8 Å². The molecule has 1 amide bonds. The highest BCUT2D eigenvalue weighted by Crippen LogP contribution is 2.02. The molecular formula is C11H22INO. The monoisotopic (exact) mass is 311 g/mol. The Hall–Kier alpha value is 0.200. The van der Waals surface area contributed by atoms with Crippen molar-refractivity contribution >= 4 is 28.5 Å². The van der Waals surface area contributed by atoms with Crippen LogP contribution >= 0.6 is 22.6 Å². The van der Waals surface area contributed by atoms with Crippen LogP contribution in [-0.2, 0) is 4.79 Å². The van der Waals surface area contributed by atoms with Crippen molar-refractivity contribution in [1.82, 2.24) is 5.32 Å². The van der Waals surface area contributed by atoms with Crippen LogP contribution in [0, 0.1) is 5.92 Å². The van der Waals surface area contributed by atoms with Crippen LogP contribution < -0.4 is 5.32 Å². The first-order chi connectivity index (χ1) is 6.66. The first kappa shape index (κ1) is 14.2. The van der Waals surface area contributed by atoms with E-state index >= 15 is 0 Å². The number of alkyl halides is 1. The zero-order chi connectivity index (χ0) is 10.8. The highest BCUT2D eigenvalue weighted by molar-refractivity contribution is 14.1. The summed E-state index contributed by atoms with van der Waals surface area (Å²) in [4.78, 5) is 11.2. The molecule has 2 nitrogen and oxygen atoms in total. The van der Waals surface area contributed by atoms with Crippen molar-refractivity contribution in [3.63, 3.8) is 0 Å². The van der Waals surface area contributed by atoms with Gasteiger partial charge in [0.15, 0.2) is 0 Å². The van der Waals surface area contributed by atoms with E-state index in [9.17, 15) is 4.79 Å². The SMILES string of the molecule is CC(C)CC(=O)NCCCCCCI. The Kier molecular flexibility index (Phi) is 9.88. The van der Waals surface area contributed by atoms with Gasteiger partial charge in [-0.2, -0.15) is 0 Å². The third-order valence-corrected chi connectivity index (χ3v) is 2.74. The summed E-state index contributed by atoms with van der Waals surface area (Å²) < 4.78 is 1.25. The zero-order valence-corrected chi connectivity index (χ0v) is 11.5. The van der Waals surface area contributed by atoms with Gasteiger partial charge in [0.2, 0.25) is 5.91 Å². The second-order valence-corrected chi connectivity index (χ2v) is 5.13. The molecule has 0 bridgehead atoms. The summed E-state index contributed by atoms with van der Waals surface area (Å²) in [7, 11) is 0. The molecule has 14 heavy (non-hydrogen) atoms. The number of rotatable bonds is 8. The van der Waals surface area contributed by atoms with E-state index in [0.717, 1.165) is 13.0 Å². The maximum atomic E-state index is 11.2. The fraction of sp³-hybridized carbons (Fsp3) is 0.909. The second kappa shape index (κ2) is 9.74. The first-order valence-corrected chi connectivity index (χ1v) is 7.02. The summed E-state index contributed by atoms with van der Waals surface area (Å²) in [6, 6.07) is 0. The fourth-order valence-corrected chi connectivity index (χ4v) is 1.78. The Bertz CT molecular complexity index is 148. The van der Waals surface area contributed by atoms with Crippen LogP contribution in [0.1, 0.15) is 46.0 Å². The number of nitrogens with one attached hydrogen (secondary N) is 1. The number of carbonyl (C=O) groups excluding carboxylic acids is 1. The molecule has 0 heterocycles. The highest BCUT2D eigenvalue weighted by Gasteiger charge is 2.02. The molecule has 0 spiro atoms. The lowest BCUT2D eigenvalue weighted by Gasteiger charge is -2.06. The van der Waals surface area contributed by atoms with Crippen molar-refractivity contribution < 1.29 is 4.79 Å². The molecule has 0 aromatic rings. The zero-order valence-electron chi connectivity index (χ0n) is 9.31. The lowest BCUT2D eigenvalue weighted by atomic mass is 10.1. The lowest BCUT2D eigenvalue weighted by molar-refractivity contribution is -0.121. The number of amides is 1. The van der Waals surface area contributed by atoms with Crippen LogP contribution in [0.3, 0.4) is 0 Å². The van der Waals surface area contributed by atoms with E-state index in [1.165, 1.54) is 23.7 Å². The Morgan fingerprint density at radius 1 is 1.21 bits per heavy atom. The molecule has 0 rings (SSSR count). The Labute approximate surface area is 101 Å². The maximum Gasteiger partial charge on any atom is 0.220 e. The third-order valence-electron chi connectivity index (χ3n) is 1.98. The molecule has 0 saturated carbocycles. The lowest BCUT2D eigenvalue weighted by Crippen LogP contribution is -2.25. The molecule has 0 aliphatic carbocycles. The Morgan fingerprint density at radius 2 is 1.86 bits per heavy atom. The number of hydrogen-bond donors (Lipinski definition) is 1. The summed E-state index contributed by atoms with van der Waals surface area (Å²) >= 11 is 2.40. The van der Waals surface area contributed by atoms with Crippen LogP contribution in [-0.4, -0.2) is 16.9 Å². The van der Waals surface area contributed by atoms with Gasteiger partial charge in [0.05, 0.1) is 0 Å². The summed E-state index contributed by atoms with van der Waals surface area (Å²) in [6.07, 6.45) is 5.63. The van der Waals surface area contributed by atoms with E-state index in [-0.39, 0.29) is 5.91 Å². The van der Waals surface area contributed by atoms with E-state index < -0.39 is 0 Å². The number of hydrogen-bond acceptors (Lipinski definition) is 1. The number of carbonyl (C=O) groups is 1. The summed E-state index contributed by atoms with van der Waals surface area (Å²) in [5, 5.41) is 2.95. The van der Waals surface area contributed by atoms with Crippen LogP contribution in [0.25, 0.3) is 0 Å². The minimum atomic E-state index is 0.203. The molecule has 0 saturated heterocycles. The minimum Gasteiger partial charge on any atom is -0.356 e. The van der Waals surface area contributed by atoms with E-state index in [0.29, 0.717) is 12.3 Å². The second-order valence-electron chi connectivity index (χ2n) is 4.05. The van der Waals surface area contributed by atoms with Crippen molar-refractivity contribution in [2.45, 2.75) is 46.0 Å². The van der Waals surface area contributed by atoms with Gasteiger partial charge >= 0.3 is 0 Å². The predicted molar refractivity (Wildman–Crippen MR) is 69.8 cm³/mol. The topological polar surface area (TPSA) is 29.1 Å². The first-order valence-electron chi connectivity index (χ1n) is 5.49. The third kappa shape index (κ3) is 10.3. The van der Waals surface area contributed by atoms with Crippen molar-refractivity contribution in [3.8, 4) is 0 Å². The van der Waals surface area contributed by atoms with Crippen molar-refractivity contribution in [1.29, 1.82) is 0 Å². The molecule has 0 aromatic heterocycles. The molecule has 0 unspecified atom stereocenters. The quantitative estimate of drug-likeness (QED) is 0.416. The van der Waals surface area contributed by atoms with Crippen molar-refractivity contribution in [2.75, 3.05) is 11.0 Å². The van der Waals surface area contributed by atoms with Gasteiger partial charge in [-0.3, -0.25) is 4.79 Å². The predicted octanol–water partition coefficient (Wildman–Crippen LogP) is 3.14. The largest absolute Gasteiger partial charge is 0.356 e. The van der Waals surface area contributed by atoms with Crippen molar-refractivity contribution in [3.05, 3.63) is 0 Å². The minimum absolute atomic E-state index is 0.203. The van der Waals surface area contributed by atoms with Crippen LogP contribution in [0.4, 0.5) is 0 Å². The molecule has 84 valence electrons. The molecule has 1 N–H and O–H groups in total. The number of unbranched alkanes of at least 4 members (excludes halogenated alkanes) is 3. The fourth-order valence-electron chi connectivity index (χ4n) is 1.24. The van der Waals surface area contributed by atoms with Gasteiger partial charge in [-0.05, 0) is 23.2 Å². The average molecular weight is 311 g/mol. The molecule has 0 aromatic carbocycles. The maximum absolute atomic E-state index is 11.2. The molecule has 0 fully saturated rings. The number of halogens is 1.